The molecule has 2 aromatic carbocycles. The fourth-order valence-corrected chi connectivity index (χ4v) is 5.67. The zero-order valence-corrected chi connectivity index (χ0v) is 22.8. The monoisotopic (exact) mass is 525 g/mol. The topological polar surface area (TPSA) is 99.5 Å². The van der Waals surface area contributed by atoms with Crippen LogP contribution in [0.25, 0.3) is 0 Å². The number of nitriles is 1. The van der Waals surface area contributed by atoms with Gasteiger partial charge in [0.25, 0.3) is 0 Å². The van der Waals surface area contributed by atoms with Gasteiger partial charge in [-0.3, -0.25) is 4.79 Å². The Bertz CT molecular complexity index is 1140. The summed E-state index contributed by atoms with van der Waals surface area (Å²) in [5, 5.41) is 12.6. The molecule has 1 heterocycles. The molecule has 2 aromatic rings. The van der Waals surface area contributed by atoms with Gasteiger partial charge in [0.1, 0.15) is 10.6 Å². The molecular weight excluding hydrogens is 486 g/mol. The van der Waals surface area contributed by atoms with Crippen LogP contribution in [-0.2, 0) is 21.3 Å². The van der Waals surface area contributed by atoms with Gasteiger partial charge in [0.05, 0.1) is 11.6 Å². The van der Waals surface area contributed by atoms with Crippen molar-refractivity contribution in [2.24, 2.45) is 0 Å². The molecular formula is C29H39N3O4S. The molecule has 3 rings (SSSR count). The van der Waals surface area contributed by atoms with E-state index in [0.29, 0.717) is 23.9 Å². The first-order valence-electron chi connectivity index (χ1n) is 13.4. The molecule has 2 atom stereocenters. The summed E-state index contributed by atoms with van der Waals surface area (Å²) in [6.45, 7) is 6.15. The molecule has 1 saturated heterocycles. The highest BCUT2D eigenvalue weighted by molar-refractivity contribution is 7.87. The van der Waals surface area contributed by atoms with Crippen molar-refractivity contribution >= 4 is 16.0 Å². The molecule has 1 aliphatic rings. The normalized spacial score (nSPS) is 16.0. The highest BCUT2D eigenvalue weighted by atomic mass is 32.2. The average molecular weight is 526 g/mol. The Labute approximate surface area is 221 Å². The summed E-state index contributed by atoms with van der Waals surface area (Å²) < 4.78 is 30.3. The van der Waals surface area contributed by atoms with Crippen molar-refractivity contribution in [3.63, 3.8) is 0 Å². The lowest BCUT2D eigenvalue weighted by atomic mass is 10.0. The fourth-order valence-electron chi connectivity index (χ4n) is 4.74. The Morgan fingerprint density at radius 2 is 1.78 bits per heavy atom. The summed E-state index contributed by atoms with van der Waals surface area (Å²) in [5.74, 6) is 0.572. The second-order valence-electron chi connectivity index (χ2n) is 9.88. The van der Waals surface area contributed by atoms with Crippen LogP contribution in [0, 0.1) is 11.3 Å². The lowest BCUT2D eigenvalue weighted by molar-refractivity contribution is -0.130. The summed E-state index contributed by atoms with van der Waals surface area (Å²) in [7, 11) is -3.96. The van der Waals surface area contributed by atoms with Gasteiger partial charge < -0.3 is 14.4 Å². The van der Waals surface area contributed by atoms with Gasteiger partial charge in [-0.2, -0.15) is 13.7 Å². The number of hydrogen-bond donors (Lipinski definition) is 1. The molecule has 1 aliphatic heterocycles. The van der Waals surface area contributed by atoms with Crippen molar-refractivity contribution in [1.82, 2.24) is 10.2 Å². The van der Waals surface area contributed by atoms with Crippen LogP contribution in [0.3, 0.4) is 0 Å². The second-order valence-corrected chi connectivity index (χ2v) is 11.4. The van der Waals surface area contributed by atoms with Crippen molar-refractivity contribution in [2.75, 3.05) is 13.1 Å². The fraction of sp³-hybridized carbons (Fsp3) is 0.517. The first kappa shape index (κ1) is 28.7. The van der Waals surface area contributed by atoms with E-state index in [-0.39, 0.29) is 16.7 Å². The van der Waals surface area contributed by atoms with Crippen LogP contribution in [0.1, 0.15) is 76.3 Å². The van der Waals surface area contributed by atoms with Gasteiger partial charge in [0.15, 0.2) is 0 Å². The minimum atomic E-state index is -3.96. The van der Waals surface area contributed by atoms with Crippen molar-refractivity contribution < 1.29 is 17.4 Å². The van der Waals surface area contributed by atoms with Gasteiger partial charge in [-0.15, -0.1) is 0 Å². The maximum absolute atomic E-state index is 12.5. The first-order chi connectivity index (χ1) is 17.8. The van der Waals surface area contributed by atoms with Crippen molar-refractivity contribution in [2.45, 2.75) is 88.6 Å². The number of carbonyl (C=O) groups is 1. The highest BCUT2D eigenvalue weighted by Gasteiger charge is 2.18. The van der Waals surface area contributed by atoms with Gasteiger partial charge in [0.2, 0.25) is 5.91 Å². The lowest BCUT2D eigenvalue weighted by Gasteiger charge is -2.24. The molecule has 8 heteroatoms. The Morgan fingerprint density at radius 3 is 2.46 bits per heavy atom. The zero-order chi connectivity index (χ0) is 26.7. The highest BCUT2D eigenvalue weighted by Crippen LogP contribution is 2.20. The van der Waals surface area contributed by atoms with E-state index in [1.165, 1.54) is 24.3 Å². The first-order valence-corrected chi connectivity index (χ1v) is 14.8. The SMILES string of the molecule is CCC(CCCCN1CCCCCC1=O)NC(C)Cc1ccc(OS(=O)(=O)c2ccc(C#N)cc2)cc1. The largest absolute Gasteiger partial charge is 0.379 e. The van der Waals surface area contributed by atoms with E-state index in [2.05, 4.69) is 19.2 Å². The number of nitrogens with one attached hydrogen (secondary N) is 1. The zero-order valence-electron chi connectivity index (χ0n) is 22.0. The van der Waals surface area contributed by atoms with E-state index in [4.69, 9.17) is 9.44 Å². The number of benzene rings is 2. The van der Waals surface area contributed by atoms with Gasteiger partial charge in [0, 0.05) is 31.6 Å². The second kappa shape index (κ2) is 14.2. The van der Waals surface area contributed by atoms with Crippen molar-refractivity contribution in [3.05, 3.63) is 59.7 Å². The summed E-state index contributed by atoms with van der Waals surface area (Å²) in [4.78, 5) is 14.2. The van der Waals surface area contributed by atoms with E-state index >= 15 is 0 Å². The summed E-state index contributed by atoms with van der Waals surface area (Å²) in [6, 6.07) is 15.4. The molecule has 0 radical (unpaired) electrons. The van der Waals surface area contributed by atoms with Gasteiger partial charge in [-0.25, -0.2) is 0 Å². The van der Waals surface area contributed by atoms with E-state index in [1.54, 1.807) is 12.1 Å². The molecule has 1 fully saturated rings. The molecule has 200 valence electrons. The van der Waals surface area contributed by atoms with Gasteiger partial charge in [-0.1, -0.05) is 31.9 Å². The minimum Gasteiger partial charge on any atom is -0.379 e. The minimum absolute atomic E-state index is 0.0111. The van der Waals surface area contributed by atoms with E-state index in [9.17, 15) is 13.2 Å². The van der Waals surface area contributed by atoms with Gasteiger partial charge in [-0.05, 0) is 87.4 Å². The predicted molar refractivity (Wildman–Crippen MR) is 145 cm³/mol. The Kier molecular flexibility index (Phi) is 11.0. The molecule has 0 spiro atoms. The number of rotatable bonds is 13. The van der Waals surface area contributed by atoms with E-state index < -0.39 is 10.1 Å². The molecule has 0 aromatic heterocycles. The molecule has 1 N–H and O–H groups in total. The third kappa shape index (κ3) is 9.17. The Hall–Kier alpha value is -2.89. The Balaban J connectivity index is 1.43. The van der Waals surface area contributed by atoms with E-state index in [0.717, 1.165) is 70.0 Å². The van der Waals surface area contributed by atoms with Gasteiger partial charge >= 0.3 is 10.1 Å². The third-order valence-corrected chi connectivity index (χ3v) is 8.12. The number of carbonyl (C=O) groups excluding carboxylic acids is 1. The summed E-state index contributed by atoms with van der Waals surface area (Å²) in [5.41, 5.74) is 1.48. The van der Waals surface area contributed by atoms with Crippen LogP contribution in [0.5, 0.6) is 5.75 Å². The molecule has 0 aliphatic carbocycles. The Morgan fingerprint density at radius 1 is 1.05 bits per heavy atom. The molecule has 0 saturated carbocycles. The van der Waals surface area contributed by atoms with Crippen LogP contribution < -0.4 is 9.50 Å². The molecule has 2 unspecified atom stereocenters. The smallest absolute Gasteiger partial charge is 0.339 e. The molecule has 7 nitrogen and oxygen atoms in total. The molecule has 37 heavy (non-hydrogen) atoms. The maximum atomic E-state index is 12.5. The quantitative estimate of drug-likeness (QED) is 0.285. The van der Waals surface area contributed by atoms with Crippen LogP contribution >= 0.6 is 0 Å². The summed E-state index contributed by atoms with van der Waals surface area (Å²) >= 11 is 0. The number of hydrogen-bond acceptors (Lipinski definition) is 6. The third-order valence-electron chi connectivity index (χ3n) is 6.86. The summed E-state index contributed by atoms with van der Waals surface area (Å²) in [6.07, 6.45) is 9.13. The standard InChI is InChI=1S/C29H39N3O4S/c1-3-26(9-6-8-20-32-19-7-4-5-10-29(32)33)31-23(2)21-24-11-15-27(16-12-24)36-37(34,35)28-17-13-25(22-30)14-18-28/h11-18,23,26,31H,3-10,19-21H2,1-2H3. The van der Waals surface area contributed by atoms with Crippen LogP contribution in [0.15, 0.2) is 53.4 Å². The number of unbranched alkanes of at least 4 members (excludes halogenated alkanes) is 1. The molecule has 0 bridgehead atoms. The lowest BCUT2D eigenvalue weighted by Crippen LogP contribution is -2.37. The van der Waals surface area contributed by atoms with Crippen LogP contribution in [0.2, 0.25) is 0 Å². The average Bonchev–Trinajstić information content (AvgIpc) is 3.10. The predicted octanol–water partition coefficient (Wildman–Crippen LogP) is 5.20. The van der Waals surface area contributed by atoms with E-state index in [1.807, 2.05) is 23.1 Å². The number of nitrogens with zero attached hydrogens (tertiary/aromatic N) is 2. The van der Waals surface area contributed by atoms with Crippen LogP contribution in [0.4, 0.5) is 0 Å². The van der Waals surface area contributed by atoms with Crippen molar-refractivity contribution in [1.29, 1.82) is 5.26 Å². The van der Waals surface area contributed by atoms with Crippen LogP contribution in [-0.4, -0.2) is 44.4 Å². The number of amides is 1. The number of likely N-dealkylation sites (tertiary alicyclic amines) is 1. The molecule has 1 amide bonds. The maximum Gasteiger partial charge on any atom is 0.339 e. The van der Waals surface area contributed by atoms with Crippen molar-refractivity contribution in [3.8, 4) is 11.8 Å².